The summed E-state index contributed by atoms with van der Waals surface area (Å²) in [5, 5.41) is 7.85. The van der Waals surface area contributed by atoms with Crippen molar-refractivity contribution in [2.24, 2.45) is 0 Å². The van der Waals surface area contributed by atoms with Crippen LogP contribution in [0.3, 0.4) is 0 Å². The van der Waals surface area contributed by atoms with Crippen LogP contribution in [0.4, 0.5) is 0 Å². The number of likely N-dealkylation sites (N-methyl/N-ethyl adjacent to an activating group) is 1. The zero-order valence-corrected chi connectivity index (χ0v) is 27.2. The molecule has 0 bridgehead atoms. The van der Waals surface area contributed by atoms with E-state index in [2.05, 4.69) is 58.5 Å². The van der Waals surface area contributed by atoms with E-state index in [1.807, 2.05) is 53.4 Å². The van der Waals surface area contributed by atoms with Gasteiger partial charge in [-0.1, -0.05) is 85.6 Å². The lowest BCUT2D eigenvalue weighted by Gasteiger charge is -2.42. The van der Waals surface area contributed by atoms with Crippen molar-refractivity contribution in [2.75, 3.05) is 45.8 Å². The minimum atomic E-state index is -0.670. The van der Waals surface area contributed by atoms with Crippen LogP contribution in [-0.2, 0) is 29.0 Å². The van der Waals surface area contributed by atoms with E-state index in [1.54, 1.807) is 0 Å². The topological polar surface area (TPSA) is 67.9 Å². The Morgan fingerprint density at radius 3 is 2.14 bits per heavy atom. The fourth-order valence-electron chi connectivity index (χ4n) is 6.29. The van der Waals surface area contributed by atoms with Crippen LogP contribution in [-0.4, -0.2) is 84.4 Å². The molecule has 2 N–H and O–H groups in total. The second-order valence-corrected chi connectivity index (χ2v) is 12.6. The van der Waals surface area contributed by atoms with Crippen LogP contribution in [0.5, 0.6) is 0 Å². The molecule has 234 valence electrons. The van der Waals surface area contributed by atoms with Gasteiger partial charge in [0.25, 0.3) is 0 Å². The van der Waals surface area contributed by atoms with Crippen LogP contribution in [0, 0.1) is 0 Å². The van der Waals surface area contributed by atoms with E-state index in [0.717, 1.165) is 43.3 Å². The van der Waals surface area contributed by atoms with Gasteiger partial charge in [-0.2, -0.15) is 0 Å². The number of nitrogens with one attached hydrogen (secondary N) is 2. The Kier molecular flexibility index (Phi) is 11.3. The van der Waals surface area contributed by atoms with Gasteiger partial charge >= 0.3 is 0 Å². The Morgan fingerprint density at radius 1 is 0.886 bits per heavy atom. The average Bonchev–Trinajstić information content (AvgIpc) is 3.06. The SMILES string of the molecule is CCN(CC)CC(c1ccc(Cl)cc1)N1CCN(C(=O)C(Cc2ccc(Cl)cc2)NC(=O)C2Cc3ccccc3CN2)CC1. The molecule has 2 aliphatic heterocycles. The summed E-state index contributed by atoms with van der Waals surface area (Å²) in [5.74, 6) is -0.191. The Hall–Kier alpha value is -2.94. The highest BCUT2D eigenvalue weighted by atomic mass is 35.5. The van der Waals surface area contributed by atoms with Crippen molar-refractivity contribution in [3.8, 4) is 0 Å². The molecule has 0 aromatic heterocycles. The van der Waals surface area contributed by atoms with E-state index < -0.39 is 6.04 Å². The maximum Gasteiger partial charge on any atom is 0.245 e. The zero-order valence-electron chi connectivity index (χ0n) is 25.6. The Labute approximate surface area is 271 Å². The highest BCUT2D eigenvalue weighted by molar-refractivity contribution is 6.30. The fourth-order valence-corrected chi connectivity index (χ4v) is 6.54. The number of piperazine rings is 1. The molecule has 3 aromatic carbocycles. The summed E-state index contributed by atoms with van der Waals surface area (Å²) in [6.45, 7) is 10.6. The number of nitrogens with zero attached hydrogens (tertiary/aromatic N) is 3. The van der Waals surface area contributed by atoms with Crippen LogP contribution >= 0.6 is 23.2 Å². The third-order valence-electron chi connectivity index (χ3n) is 9.01. The van der Waals surface area contributed by atoms with Crippen LogP contribution in [0.25, 0.3) is 0 Å². The van der Waals surface area contributed by atoms with Gasteiger partial charge in [-0.3, -0.25) is 14.5 Å². The van der Waals surface area contributed by atoms with Crippen molar-refractivity contribution < 1.29 is 9.59 Å². The second kappa shape index (κ2) is 15.4. The summed E-state index contributed by atoms with van der Waals surface area (Å²) in [5.41, 5.74) is 4.57. The van der Waals surface area contributed by atoms with Crippen molar-refractivity contribution in [2.45, 2.75) is 51.4 Å². The molecule has 0 radical (unpaired) electrons. The molecule has 2 heterocycles. The lowest BCUT2D eigenvalue weighted by molar-refractivity contribution is -0.138. The Bertz CT molecular complexity index is 1390. The molecular formula is C35H43Cl2N5O2. The number of rotatable bonds is 11. The summed E-state index contributed by atoms with van der Waals surface area (Å²) in [6.07, 6.45) is 1.00. The summed E-state index contributed by atoms with van der Waals surface area (Å²) >= 11 is 12.3. The second-order valence-electron chi connectivity index (χ2n) is 11.7. The number of fused-ring (bicyclic) bond motifs is 1. The first kappa shape index (κ1) is 32.5. The minimum Gasteiger partial charge on any atom is -0.343 e. The highest BCUT2D eigenvalue weighted by Crippen LogP contribution is 2.26. The summed E-state index contributed by atoms with van der Waals surface area (Å²) < 4.78 is 0. The summed E-state index contributed by atoms with van der Waals surface area (Å²) in [4.78, 5) is 34.4. The van der Waals surface area contributed by atoms with Crippen LogP contribution < -0.4 is 10.6 Å². The lowest BCUT2D eigenvalue weighted by atomic mass is 9.95. The maximum atomic E-state index is 14.1. The number of halogens is 2. The van der Waals surface area contributed by atoms with Crippen molar-refractivity contribution in [3.05, 3.63) is 105 Å². The molecule has 0 spiro atoms. The van der Waals surface area contributed by atoms with Crippen LogP contribution in [0.2, 0.25) is 10.0 Å². The van der Waals surface area contributed by atoms with E-state index in [4.69, 9.17) is 23.2 Å². The quantitative estimate of drug-likeness (QED) is 0.312. The molecule has 44 heavy (non-hydrogen) atoms. The first-order valence-corrected chi connectivity index (χ1v) is 16.5. The third-order valence-corrected chi connectivity index (χ3v) is 9.52. The van der Waals surface area contributed by atoms with Crippen molar-refractivity contribution in [1.29, 1.82) is 0 Å². The first-order valence-electron chi connectivity index (χ1n) is 15.7. The highest BCUT2D eigenvalue weighted by Gasteiger charge is 2.34. The van der Waals surface area contributed by atoms with Gasteiger partial charge in [0.15, 0.2) is 0 Å². The number of hydrogen-bond donors (Lipinski definition) is 2. The van der Waals surface area contributed by atoms with Gasteiger partial charge in [0.05, 0.1) is 6.04 Å². The molecule has 1 saturated heterocycles. The van der Waals surface area contributed by atoms with Crippen molar-refractivity contribution >= 4 is 35.0 Å². The number of benzene rings is 3. The molecule has 3 atom stereocenters. The first-order chi connectivity index (χ1) is 21.3. The lowest BCUT2D eigenvalue weighted by Crippen LogP contribution is -2.58. The molecule has 2 aliphatic rings. The van der Waals surface area contributed by atoms with Gasteiger partial charge in [-0.15, -0.1) is 0 Å². The zero-order chi connectivity index (χ0) is 31.1. The Balaban J connectivity index is 1.28. The van der Waals surface area contributed by atoms with Gasteiger partial charge in [-0.25, -0.2) is 0 Å². The number of amides is 2. The molecule has 1 fully saturated rings. The van der Waals surface area contributed by atoms with E-state index in [1.165, 1.54) is 16.7 Å². The van der Waals surface area contributed by atoms with Gasteiger partial charge in [0.1, 0.15) is 6.04 Å². The van der Waals surface area contributed by atoms with Crippen LogP contribution in [0.1, 0.15) is 42.1 Å². The number of hydrogen-bond acceptors (Lipinski definition) is 5. The summed E-state index contributed by atoms with van der Waals surface area (Å²) in [7, 11) is 0. The fraction of sp³-hybridized carbons (Fsp3) is 0.429. The minimum absolute atomic E-state index is 0.0454. The largest absolute Gasteiger partial charge is 0.343 e. The molecule has 3 aromatic rings. The molecular weight excluding hydrogens is 593 g/mol. The predicted octanol–water partition coefficient (Wildman–Crippen LogP) is 4.96. The van der Waals surface area contributed by atoms with E-state index in [9.17, 15) is 9.59 Å². The Morgan fingerprint density at radius 2 is 1.50 bits per heavy atom. The molecule has 9 heteroatoms. The molecule has 5 rings (SSSR count). The standard InChI is InChI=1S/C35H43Cl2N5O2/c1-3-40(4-2)24-33(26-11-15-30(37)16-12-26)41-17-19-42(20-18-41)35(44)32(21-25-9-13-29(36)14-10-25)39-34(43)31-22-27-7-5-6-8-28(27)23-38-31/h5-16,31-33,38H,3-4,17-24H2,1-2H3,(H,39,43). The van der Waals surface area contributed by atoms with Gasteiger partial charge in [0.2, 0.25) is 11.8 Å². The van der Waals surface area contributed by atoms with E-state index in [0.29, 0.717) is 37.5 Å². The smallest absolute Gasteiger partial charge is 0.245 e. The van der Waals surface area contributed by atoms with Gasteiger partial charge in [0, 0.05) is 61.8 Å². The third kappa shape index (κ3) is 8.20. The normalized spacial score (nSPS) is 18.5. The number of carbonyl (C=O) groups is 2. The monoisotopic (exact) mass is 635 g/mol. The molecule has 2 amide bonds. The van der Waals surface area contributed by atoms with E-state index >= 15 is 0 Å². The molecule has 0 aliphatic carbocycles. The number of carbonyl (C=O) groups excluding carboxylic acids is 2. The van der Waals surface area contributed by atoms with Crippen LogP contribution in [0.15, 0.2) is 72.8 Å². The molecule has 7 nitrogen and oxygen atoms in total. The van der Waals surface area contributed by atoms with Crippen molar-refractivity contribution in [3.63, 3.8) is 0 Å². The average molecular weight is 637 g/mol. The maximum absolute atomic E-state index is 14.1. The van der Waals surface area contributed by atoms with Gasteiger partial charge in [-0.05, 0) is 66.0 Å². The predicted molar refractivity (Wildman–Crippen MR) is 178 cm³/mol. The summed E-state index contributed by atoms with van der Waals surface area (Å²) in [6, 6.07) is 23.0. The van der Waals surface area contributed by atoms with Crippen molar-refractivity contribution in [1.82, 2.24) is 25.3 Å². The van der Waals surface area contributed by atoms with E-state index in [-0.39, 0.29) is 23.9 Å². The molecule has 3 unspecified atom stereocenters. The molecule has 0 saturated carbocycles. The van der Waals surface area contributed by atoms with Gasteiger partial charge < -0.3 is 20.4 Å².